The summed E-state index contributed by atoms with van der Waals surface area (Å²) in [5.74, 6) is 0.790. The highest BCUT2D eigenvalue weighted by atomic mass is 15.0. The van der Waals surface area contributed by atoms with E-state index in [0.29, 0.717) is 0 Å². The summed E-state index contributed by atoms with van der Waals surface area (Å²) in [7, 11) is 0. The van der Waals surface area contributed by atoms with E-state index in [9.17, 15) is 0 Å². The predicted octanol–water partition coefficient (Wildman–Crippen LogP) is 4.45. The first-order valence-corrected chi connectivity index (χ1v) is 8.23. The van der Waals surface area contributed by atoms with Gasteiger partial charge in [0.1, 0.15) is 0 Å². The number of nitrogens with zero attached hydrogens (tertiary/aromatic N) is 1. The van der Waals surface area contributed by atoms with Crippen LogP contribution in [0.1, 0.15) is 38.7 Å². The van der Waals surface area contributed by atoms with Gasteiger partial charge in [0, 0.05) is 35.8 Å². The molecule has 1 aliphatic heterocycles. The largest absolute Gasteiger partial charge is 0.347 e. The van der Waals surface area contributed by atoms with E-state index in [1.807, 2.05) is 0 Å². The fourth-order valence-electron chi connectivity index (χ4n) is 3.22. The Bertz CT molecular complexity index is 634. The van der Waals surface area contributed by atoms with Crippen molar-refractivity contribution < 1.29 is 0 Å². The van der Waals surface area contributed by atoms with Crippen LogP contribution in [0.15, 0.2) is 36.5 Å². The SMILES string of the molecule is CC(C)CCCn1cc(C2=CCNCC2)c2ccccc21. The second-order valence-corrected chi connectivity index (χ2v) is 6.47. The summed E-state index contributed by atoms with van der Waals surface area (Å²) < 4.78 is 2.45. The molecule has 1 aromatic carbocycles. The van der Waals surface area contributed by atoms with Crippen LogP contribution in [0, 0.1) is 5.92 Å². The van der Waals surface area contributed by atoms with Crippen LogP contribution < -0.4 is 5.32 Å². The van der Waals surface area contributed by atoms with E-state index in [4.69, 9.17) is 0 Å². The van der Waals surface area contributed by atoms with Gasteiger partial charge >= 0.3 is 0 Å². The highest BCUT2D eigenvalue weighted by Gasteiger charge is 2.13. The van der Waals surface area contributed by atoms with E-state index >= 15 is 0 Å². The van der Waals surface area contributed by atoms with Crippen molar-refractivity contribution in [1.29, 1.82) is 0 Å². The number of fused-ring (bicyclic) bond motifs is 1. The van der Waals surface area contributed by atoms with Gasteiger partial charge in [0.15, 0.2) is 0 Å². The first kappa shape index (κ1) is 14.4. The van der Waals surface area contributed by atoms with Crippen LogP contribution in [0.25, 0.3) is 16.5 Å². The summed E-state index contributed by atoms with van der Waals surface area (Å²) in [4.78, 5) is 0. The van der Waals surface area contributed by atoms with Gasteiger partial charge in [-0.2, -0.15) is 0 Å². The van der Waals surface area contributed by atoms with Gasteiger partial charge in [-0.1, -0.05) is 38.1 Å². The number of rotatable bonds is 5. The van der Waals surface area contributed by atoms with Crippen molar-refractivity contribution in [2.24, 2.45) is 5.92 Å². The standard InChI is InChI=1S/C19H26N2/c1-15(2)6-5-13-21-14-18(16-9-11-20-12-10-16)17-7-3-4-8-19(17)21/h3-4,7-9,14-15,20H,5-6,10-13H2,1-2H3. The molecule has 112 valence electrons. The summed E-state index contributed by atoms with van der Waals surface area (Å²) in [6, 6.07) is 8.84. The zero-order valence-electron chi connectivity index (χ0n) is 13.2. The highest BCUT2D eigenvalue weighted by Crippen LogP contribution is 2.30. The monoisotopic (exact) mass is 282 g/mol. The van der Waals surface area contributed by atoms with E-state index in [1.54, 1.807) is 0 Å². The maximum Gasteiger partial charge on any atom is 0.0486 e. The smallest absolute Gasteiger partial charge is 0.0486 e. The van der Waals surface area contributed by atoms with Gasteiger partial charge in [0.25, 0.3) is 0 Å². The first-order valence-electron chi connectivity index (χ1n) is 8.23. The molecule has 0 fully saturated rings. The van der Waals surface area contributed by atoms with Gasteiger partial charge in [0.2, 0.25) is 0 Å². The van der Waals surface area contributed by atoms with Gasteiger partial charge in [-0.15, -0.1) is 0 Å². The molecule has 0 spiro atoms. The molecule has 0 radical (unpaired) electrons. The van der Waals surface area contributed by atoms with Crippen LogP contribution in [0.4, 0.5) is 0 Å². The topological polar surface area (TPSA) is 17.0 Å². The van der Waals surface area contributed by atoms with Gasteiger partial charge in [-0.25, -0.2) is 0 Å². The molecular formula is C19H26N2. The Hall–Kier alpha value is -1.54. The first-order chi connectivity index (χ1) is 10.3. The minimum atomic E-state index is 0.790. The number of hydrogen-bond donors (Lipinski definition) is 1. The third kappa shape index (κ3) is 3.21. The molecule has 1 aromatic heterocycles. The summed E-state index contributed by atoms with van der Waals surface area (Å²) >= 11 is 0. The molecular weight excluding hydrogens is 256 g/mol. The quantitative estimate of drug-likeness (QED) is 0.857. The molecule has 2 aromatic rings. The Balaban J connectivity index is 1.92. The minimum absolute atomic E-state index is 0.790. The lowest BCUT2D eigenvalue weighted by Gasteiger charge is -2.13. The fraction of sp³-hybridized carbons (Fsp3) is 0.474. The molecule has 2 heteroatoms. The van der Waals surface area contributed by atoms with Crippen molar-refractivity contribution >= 4 is 16.5 Å². The second-order valence-electron chi connectivity index (χ2n) is 6.47. The third-order valence-corrected chi connectivity index (χ3v) is 4.38. The Labute approximate surface area is 127 Å². The molecule has 0 unspecified atom stereocenters. The number of nitrogens with one attached hydrogen (secondary N) is 1. The Kier molecular flexibility index (Phi) is 4.45. The number of aromatic nitrogens is 1. The Morgan fingerprint density at radius 1 is 1.24 bits per heavy atom. The molecule has 2 nitrogen and oxygen atoms in total. The second kappa shape index (κ2) is 6.48. The fourth-order valence-corrected chi connectivity index (χ4v) is 3.22. The maximum absolute atomic E-state index is 3.40. The van der Waals surface area contributed by atoms with Crippen molar-refractivity contribution in [2.45, 2.75) is 39.7 Å². The zero-order valence-corrected chi connectivity index (χ0v) is 13.2. The lowest BCUT2D eigenvalue weighted by atomic mass is 10.00. The van der Waals surface area contributed by atoms with Crippen LogP contribution in [0.2, 0.25) is 0 Å². The van der Waals surface area contributed by atoms with Crippen LogP contribution >= 0.6 is 0 Å². The Morgan fingerprint density at radius 2 is 2.10 bits per heavy atom. The van der Waals surface area contributed by atoms with Crippen molar-refractivity contribution in [3.05, 3.63) is 42.1 Å². The van der Waals surface area contributed by atoms with Crippen molar-refractivity contribution in [3.63, 3.8) is 0 Å². The van der Waals surface area contributed by atoms with E-state index in [1.165, 1.54) is 34.9 Å². The van der Waals surface area contributed by atoms with E-state index in [-0.39, 0.29) is 0 Å². The minimum Gasteiger partial charge on any atom is -0.347 e. The Morgan fingerprint density at radius 3 is 2.86 bits per heavy atom. The zero-order chi connectivity index (χ0) is 14.7. The van der Waals surface area contributed by atoms with Gasteiger partial charge < -0.3 is 9.88 Å². The van der Waals surface area contributed by atoms with Crippen LogP contribution in [-0.2, 0) is 6.54 Å². The molecule has 0 saturated heterocycles. The number of para-hydroxylation sites is 1. The number of hydrogen-bond acceptors (Lipinski definition) is 1. The molecule has 1 N–H and O–H groups in total. The normalized spacial score (nSPS) is 15.7. The molecule has 2 heterocycles. The van der Waals surface area contributed by atoms with Crippen molar-refractivity contribution in [3.8, 4) is 0 Å². The molecule has 0 saturated carbocycles. The van der Waals surface area contributed by atoms with Crippen LogP contribution in [-0.4, -0.2) is 17.7 Å². The molecule has 0 aliphatic carbocycles. The molecule has 0 atom stereocenters. The van der Waals surface area contributed by atoms with Gasteiger partial charge in [-0.3, -0.25) is 0 Å². The lowest BCUT2D eigenvalue weighted by Crippen LogP contribution is -2.19. The maximum atomic E-state index is 3.40. The average molecular weight is 282 g/mol. The summed E-state index contributed by atoms with van der Waals surface area (Å²) in [6.07, 6.45) is 8.43. The molecule has 0 bridgehead atoms. The van der Waals surface area contributed by atoms with Crippen molar-refractivity contribution in [2.75, 3.05) is 13.1 Å². The lowest BCUT2D eigenvalue weighted by molar-refractivity contribution is 0.517. The molecule has 3 rings (SSSR count). The third-order valence-electron chi connectivity index (χ3n) is 4.38. The average Bonchev–Trinajstić information content (AvgIpc) is 2.87. The summed E-state index contributed by atoms with van der Waals surface area (Å²) in [6.45, 7) is 7.84. The number of aryl methyl sites for hydroxylation is 1. The summed E-state index contributed by atoms with van der Waals surface area (Å²) in [5, 5.41) is 4.82. The molecule has 21 heavy (non-hydrogen) atoms. The van der Waals surface area contributed by atoms with Crippen LogP contribution in [0.3, 0.4) is 0 Å². The number of benzene rings is 1. The molecule has 0 amide bonds. The highest BCUT2D eigenvalue weighted by molar-refractivity contribution is 5.93. The van der Waals surface area contributed by atoms with Crippen molar-refractivity contribution in [1.82, 2.24) is 9.88 Å². The van der Waals surface area contributed by atoms with Gasteiger partial charge in [0.05, 0.1) is 0 Å². The predicted molar refractivity (Wildman–Crippen MR) is 91.5 cm³/mol. The summed E-state index contributed by atoms with van der Waals surface area (Å²) in [5.41, 5.74) is 4.33. The van der Waals surface area contributed by atoms with Gasteiger partial charge in [-0.05, 0) is 43.4 Å². The van der Waals surface area contributed by atoms with E-state index in [0.717, 1.165) is 32.0 Å². The van der Waals surface area contributed by atoms with E-state index < -0.39 is 0 Å². The molecule has 1 aliphatic rings. The van der Waals surface area contributed by atoms with Crippen LogP contribution in [0.5, 0.6) is 0 Å². The van der Waals surface area contributed by atoms with E-state index in [2.05, 4.69) is 60.3 Å².